The average molecular weight is 497 g/mol. The lowest BCUT2D eigenvalue weighted by Crippen LogP contribution is -2.61. The van der Waals surface area contributed by atoms with Gasteiger partial charge in [-0.3, -0.25) is 4.79 Å². The van der Waals surface area contributed by atoms with Crippen LogP contribution < -0.4 is 15.0 Å². The number of hydrogen-bond acceptors (Lipinski definition) is 6. The molecule has 2 atom stereocenters. The van der Waals surface area contributed by atoms with Crippen molar-refractivity contribution in [1.82, 2.24) is 9.97 Å². The summed E-state index contributed by atoms with van der Waals surface area (Å²) in [7, 11) is 1.49. The molecule has 0 saturated carbocycles. The summed E-state index contributed by atoms with van der Waals surface area (Å²) in [4.78, 5) is 22.2. The van der Waals surface area contributed by atoms with Gasteiger partial charge >= 0.3 is 0 Å². The number of aromatic amines is 1. The topological polar surface area (TPSA) is 99.7 Å². The van der Waals surface area contributed by atoms with E-state index in [1.807, 2.05) is 6.07 Å². The molecule has 5 rings (SSSR count). The lowest BCUT2D eigenvalue weighted by molar-refractivity contribution is -0.124. The predicted octanol–water partition coefficient (Wildman–Crippen LogP) is 5.00. The predicted molar refractivity (Wildman–Crippen MR) is 130 cm³/mol. The number of halogens is 2. The molecule has 1 aliphatic heterocycles. The van der Waals surface area contributed by atoms with E-state index in [2.05, 4.69) is 15.3 Å². The molecule has 2 aromatic carbocycles. The number of nitrogens with one attached hydrogen (secondary N) is 2. The molecule has 0 radical (unpaired) electrons. The van der Waals surface area contributed by atoms with Crippen molar-refractivity contribution in [3.63, 3.8) is 0 Å². The quantitative estimate of drug-likeness (QED) is 0.347. The van der Waals surface area contributed by atoms with Crippen LogP contribution in [0.2, 0.25) is 5.02 Å². The molecule has 2 unspecified atom stereocenters. The highest BCUT2D eigenvalue weighted by Gasteiger charge is 2.48. The molecule has 1 amide bonds. The number of nitrogens with zero attached hydrogens (tertiary/aromatic N) is 2. The van der Waals surface area contributed by atoms with Gasteiger partial charge in [-0.2, -0.15) is 0 Å². The third kappa shape index (κ3) is 3.97. The van der Waals surface area contributed by atoms with Gasteiger partial charge in [0.05, 0.1) is 29.2 Å². The number of aliphatic hydroxyl groups excluding tert-OH is 1. The molecule has 3 heterocycles. The van der Waals surface area contributed by atoms with Crippen LogP contribution >= 0.6 is 11.6 Å². The number of carbonyl (C=O) groups excluding carboxylic acids is 1. The highest BCUT2D eigenvalue weighted by Crippen LogP contribution is 2.46. The molecule has 0 fully saturated rings. The zero-order chi connectivity index (χ0) is 24.7. The molecule has 2 aromatic heterocycles. The molecule has 180 valence electrons. The summed E-state index contributed by atoms with van der Waals surface area (Å²) in [5.41, 5.74) is 0.715. The maximum atomic E-state index is 13.5. The van der Waals surface area contributed by atoms with Crippen LogP contribution in [0.25, 0.3) is 11.0 Å². The van der Waals surface area contributed by atoms with E-state index >= 15 is 0 Å². The highest BCUT2D eigenvalue weighted by atomic mass is 35.5. The molecule has 1 aliphatic rings. The third-order valence-electron chi connectivity index (χ3n) is 6.02. The van der Waals surface area contributed by atoms with E-state index in [-0.39, 0.29) is 17.5 Å². The largest absolute Gasteiger partial charge is 0.457 e. The van der Waals surface area contributed by atoms with Gasteiger partial charge in [-0.1, -0.05) is 17.7 Å². The second kappa shape index (κ2) is 8.84. The summed E-state index contributed by atoms with van der Waals surface area (Å²) >= 11 is 6.58. The van der Waals surface area contributed by atoms with Crippen molar-refractivity contribution in [2.24, 2.45) is 0 Å². The van der Waals surface area contributed by atoms with Crippen molar-refractivity contribution in [1.29, 1.82) is 0 Å². The van der Waals surface area contributed by atoms with Gasteiger partial charge in [-0.15, -0.1) is 0 Å². The van der Waals surface area contributed by atoms with Gasteiger partial charge in [0.15, 0.2) is 6.23 Å². The van der Waals surface area contributed by atoms with Gasteiger partial charge in [0.1, 0.15) is 28.5 Å². The lowest BCUT2D eigenvalue weighted by Gasteiger charge is -2.47. The molecular formula is C25H22ClFN4O4. The second-order valence-electron chi connectivity index (χ2n) is 8.41. The van der Waals surface area contributed by atoms with Crippen LogP contribution in [0.3, 0.4) is 0 Å². The highest BCUT2D eigenvalue weighted by molar-refractivity contribution is 6.31. The lowest BCUT2D eigenvalue weighted by atomic mass is 9.92. The van der Waals surface area contributed by atoms with Gasteiger partial charge in [0.25, 0.3) is 5.91 Å². The van der Waals surface area contributed by atoms with E-state index in [1.54, 1.807) is 36.2 Å². The Bertz CT molecular complexity index is 1430. The molecule has 0 bridgehead atoms. The van der Waals surface area contributed by atoms with Crippen LogP contribution in [0.4, 0.5) is 15.8 Å². The van der Waals surface area contributed by atoms with Crippen LogP contribution in [0.1, 0.15) is 18.7 Å². The van der Waals surface area contributed by atoms with Crippen LogP contribution in [-0.2, 0) is 9.53 Å². The van der Waals surface area contributed by atoms with Crippen molar-refractivity contribution in [2.75, 3.05) is 23.9 Å². The third-order valence-corrected chi connectivity index (χ3v) is 6.35. The number of pyridine rings is 1. The Morgan fingerprint density at radius 3 is 2.77 bits per heavy atom. The number of H-pyrrole nitrogens is 1. The molecular weight excluding hydrogens is 475 g/mol. The van der Waals surface area contributed by atoms with Crippen LogP contribution in [-0.4, -0.2) is 40.2 Å². The van der Waals surface area contributed by atoms with Crippen LogP contribution in [0, 0.1) is 5.82 Å². The Balaban J connectivity index is 1.58. The Kier molecular flexibility index (Phi) is 5.84. The number of anilines is 2. The monoisotopic (exact) mass is 496 g/mol. The SMILES string of the molecule is COCC1(C)C(=O)Nc2cnc3[nH]ccc3c2N1C(O)c1ccc(Oc2cccc(F)c2)cc1Cl. The maximum absolute atomic E-state index is 13.5. The molecule has 0 aliphatic carbocycles. The number of benzene rings is 2. The standard InChI is InChI=1S/C25H22ClFN4O4/c1-25(13-34-2)24(33)30-20-12-29-22-18(8-9-28-22)21(20)31(25)23(32)17-7-6-16(11-19(17)26)35-15-5-3-4-14(27)10-15/h3-12,23,32H,13H2,1-2H3,(H,28,29)(H,30,33). The summed E-state index contributed by atoms with van der Waals surface area (Å²) in [6.45, 7) is 1.69. The number of rotatable bonds is 6. The van der Waals surface area contributed by atoms with E-state index in [0.717, 1.165) is 0 Å². The van der Waals surface area contributed by atoms with E-state index in [0.29, 0.717) is 39.5 Å². The van der Waals surface area contributed by atoms with Crippen molar-refractivity contribution in [2.45, 2.75) is 18.7 Å². The first-order chi connectivity index (χ1) is 16.8. The van der Waals surface area contributed by atoms with Gasteiger partial charge in [-0.25, -0.2) is 9.37 Å². The van der Waals surface area contributed by atoms with Crippen LogP contribution in [0.15, 0.2) is 60.9 Å². The molecule has 35 heavy (non-hydrogen) atoms. The Morgan fingerprint density at radius 2 is 2.03 bits per heavy atom. The molecule has 0 saturated heterocycles. The maximum Gasteiger partial charge on any atom is 0.252 e. The Hall–Kier alpha value is -3.66. The number of methoxy groups -OCH3 is 1. The number of aliphatic hydroxyl groups is 1. The van der Waals surface area contributed by atoms with Crippen molar-refractivity contribution >= 4 is 39.9 Å². The molecule has 8 nitrogen and oxygen atoms in total. The number of ether oxygens (including phenoxy) is 2. The summed E-state index contributed by atoms with van der Waals surface area (Å²) in [6.07, 6.45) is 1.95. The van der Waals surface area contributed by atoms with E-state index < -0.39 is 17.6 Å². The van der Waals surface area contributed by atoms with E-state index in [1.165, 1.54) is 37.6 Å². The van der Waals surface area contributed by atoms with Gasteiger partial charge in [0.2, 0.25) is 0 Å². The Morgan fingerprint density at radius 1 is 1.23 bits per heavy atom. The minimum atomic E-state index is -1.32. The smallest absolute Gasteiger partial charge is 0.252 e. The number of amides is 1. The number of hydrogen-bond donors (Lipinski definition) is 3. The fourth-order valence-electron chi connectivity index (χ4n) is 4.35. The first-order valence-electron chi connectivity index (χ1n) is 10.8. The van der Waals surface area contributed by atoms with Crippen molar-refractivity contribution in [3.05, 3.63) is 77.3 Å². The normalized spacial score (nSPS) is 18.3. The van der Waals surface area contributed by atoms with E-state index in [9.17, 15) is 14.3 Å². The zero-order valence-corrected chi connectivity index (χ0v) is 19.6. The first kappa shape index (κ1) is 23.1. The molecule has 3 N–H and O–H groups in total. The molecule has 4 aromatic rings. The summed E-state index contributed by atoms with van der Waals surface area (Å²) in [5.74, 6) is -0.105. The van der Waals surface area contributed by atoms with Crippen LogP contribution in [0.5, 0.6) is 11.5 Å². The minimum Gasteiger partial charge on any atom is -0.457 e. The molecule has 10 heteroatoms. The fourth-order valence-corrected chi connectivity index (χ4v) is 4.62. The Labute approximate surface area is 205 Å². The molecule has 0 spiro atoms. The average Bonchev–Trinajstić information content (AvgIpc) is 3.29. The number of aromatic nitrogens is 2. The van der Waals surface area contributed by atoms with Crippen molar-refractivity contribution < 1.29 is 23.8 Å². The zero-order valence-electron chi connectivity index (χ0n) is 18.9. The second-order valence-corrected chi connectivity index (χ2v) is 8.82. The van der Waals surface area contributed by atoms with E-state index in [4.69, 9.17) is 21.1 Å². The minimum absolute atomic E-state index is 0.00194. The van der Waals surface area contributed by atoms with Gasteiger partial charge in [-0.05, 0) is 43.3 Å². The fraction of sp³-hybridized carbons (Fsp3) is 0.200. The first-order valence-corrected chi connectivity index (χ1v) is 11.2. The summed E-state index contributed by atoms with van der Waals surface area (Å²) < 4.78 is 24.6. The van der Waals surface area contributed by atoms with Crippen molar-refractivity contribution in [3.8, 4) is 11.5 Å². The number of carbonyl (C=O) groups is 1. The van der Waals surface area contributed by atoms with Gasteiger partial charge in [0, 0.05) is 30.3 Å². The summed E-state index contributed by atoms with van der Waals surface area (Å²) in [5, 5.41) is 15.4. The number of fused-ring (bicyclic) bond motifs is 3. The summed E-state index contributed by atoms with van der Waals surface area (Å²) in [6, 6.07) is 12.3. The van der Waals surface area contributed by atoms with Gasteiger partial charge < -0.3 is 29.8 Å².